The third-order valence-electron chi connectivity index (χ3n) is 4.59. The average molecular weight is 467 g/mol. The first-order valence-corrected chi connectivity index (χ1v) is 11.7. The molecule has 0 saturated heterocycles. The first-order valence-electron chi connectivity index (χ1n) is 9.93. The van der Waals surface area contributed by atoms with Gasteiger partial charge >= 0.3 is 10.1 Å². The SMILES string of the molecule is CS(=O)(=O)Oc1ccc(CN(Cc2ccccc2)C(=O)/C=C/c2ccc([N+](=O)[O-])cc2)cc1. The second kappa shape index (κ2) is 10.6. The van der Waals surface area contributed by atoms with E-state index in [2.05, 4.69) is 0 Å². The molecule has 0 fully saturated rings. The van der Waals surface area contributed by atoms with E-state index in [1.807, 2.05) is 30.3 Å². The maximum absolute atomic E-state index is 13.0. The van der Waals surface area contributed by atoms with Crippen LogP contribution in [0.5, 0.6) is 5.75 Å². The van der Waals surface area contributed by atoms with Crippen molar-refractivity contribution in [2.75, 3.05) is 6.26 Å². The Morgan fingerprint density at radius 1 is 0.939 bits per heavy atom. The normalized spacial score (nSPS) is 11.3. The van der Waals surface area contributed by atoms with Gasteiger partial charge in [-0.15, -0.1) is 0 Å². The van der Waals surface area contributed by atoms with Crippen molar-refractivity contribution in [3.63, 3.8) is 0 Å². The lowest BCUT2D eigenvalue weighted by Gasteiger charge is -2.22. The third-order valence-corrected chi connectivity index (χ3v) is 5.09. The largest absolute Gasteiger partial charge is 0.383 e. The lowest BCUT2D eigenvalue weighted by Crippen LogP contribution is -2.28. The van der Waals surface area contributed by atoms with Crippen LogP contribution in [0.4, 0.5) is 5.69 Å². The summed E-state index contributed by atoms with van der Waals surface area (Å²) in [6.07, 6.45) is 4.00. The minimum absolute atomic E-state index is 0.0209. The molecule has 170 valence electrons. The van der Waals surface area contributed by atoms with Crippen LogP contribution in [0.3, 0.4) is 0 Å². The average Bonchev–Trinajstić information content (AvgIpc) is 2.78. The van der Waals surface area contributed by atoms with Gasteiger partial charge < -0.3 is 9.08 Å². The maximum Gasteiger partial charge on any atom is 0.306 e. The Hall–Kier alpha value is -3.98. The number of benzene rings is 3. The minimum atomic E-state index is -3.62. The fourth-order valence-electron chi connectivity index (χ4n) is 3.04. The fourth-order valence-corrected chi connectivity index (χ4v) is 3.50. The summed E-state index contributed by atoms with van der Waals surface area (Å²) >= 11 is 0. The van der Waals surface area contributed by atoms with Crippen LogP contribution in [0, 0.1) is 10.1 Å². The zero-order chi connectivity index (χ0) is 23.8. The molecular formula is C24H22N2O6S. The van der Waals surface area contributed by atoms with Crippen molar-refractivity contribution in [3.8, 4) is 5.75 Å². The summed E-state index contributed by atoms with van der Waals surface area (Å²) < 4.78 is 27.4. The van der Waals surface area contributed by atoms with Crippen molar-refractivity contribution in [3.05, 3.63) is 112 Å². The molecule has 0 aliphatic heterocycles. The van der Waals surface area contributed by atoms with Gasteiger partial charge in [0.2, 0.25) is 5.91 Å². The Labute approximate surface area is 192 Å². The van der Waals surface area contributed by atoms with Crippen LogP contribution in [0.2, 0.25) is 0 Å². The monoisotopic (exact) mass is 466 g/mol. The van der Waals surface area contributed by atoms with Gasteiger partial charge in [0.05, 0.1) is 11.2 Å². The molecule has 3 aromatic carbocycles. The molecule has 0 aromatic heterocycles. The molecule has 0 unspecified atom stereocenters. The summed E-state index contributed by atoms with van der Waals surface area (Å²) in [5, 5.41) is 10.8. The van der Waals surface area contributed by atoms with Gasteiger partial charge in [-0.1, -0.05) is 42.5 Å². The smallest absolute Gasteiger partial charge is 0.306 e. The Morgan fingerprint density at radius 3 is 2.06 bits per heavy atom. The number of rotatable bonds is 9. The van der Waals surface area contributed by atoms with Gasteiger partial charge in [0.1, 0.15) is 5.75 Å². The molecule has 3 aromatic rings. The number of nitro benzene ring substituents is 1. The molecule has 0 N–H and O–H groups in total. The van der Waals surface area contributed by atoms with E-state index in [1.165, 1.54) is 30.3 Å². The van der Waals surface area contributed by atoms with E-state index in [1.54, 1.807) is 35.2 Å². The van der Waals surface area contributed by atoms with Crippen molar-refractivity contribution >= 4 is 27.8 Å². The van der Waals surface area contributed by atoms with Crippen LogP contribution in [0.15, 0.2) is 84.9 Å². The van der Waals surface area contributed by atoms with Gasteiger partial charge in [0, 0.05) is 31.3 Å². The molecule has 33 heavy (non-hydrogen) atoms. The van der Waals surface area contributed by atoms with Gasteiger partial charge in [-0.2, -0.15) is 8.42 Å². The molecule has 3 rings (SSSR count). The Morgan fingerprint density at radius 2 is 1.52 bits per heavy atom. The molecular weight excluding hydrogens is 444 g/mol. The van der Waals surface area contributed by atoms with Gasteiger partial charge in [-0.3, -0.25) is 14.9 Å². The molecule has 0 bridgehead atoms. The highest BCUT2D eigenvalue weighted by Gasteiger charge is 2.13. The van der Waals surface area contributed by atoms with E-state index < -0.39 is 15.0 Å². The number of carbonyl (C=O) groups excluding carboxylic acids is 1. The van der Waals surface area contributed by atoms with Crippen LogP contribution in [-0.4, -0.2) is 30.4 Å². The summed E-state index contributed by atoms with van der Waals surface area (Å²) in [5.41, 5.74) is 2.39. The van der Waals surface area contributed by atoms with Gasteiger partial charge in [0.25, 0.3) is 5.69 Å². The molecule has 0 atom stereocenters. The van der Waals surface area contributed by atoms with Crippen LogP contribution < -0.4 is 4.18 Å². The summed E-state index contributed by atoms with van der Waals surface area (Å²) in [7, 11) is -3.62. The van der Waals surface area contributed by atoms with Gasteiger partial charge in [-0.25, -0.2) is 0 Å². The highest BCUT2D eigenvalue weighted by atomic mass is 32.2. The fraction of sp³-hybridized carbons (Fsp3) is 0.125. The predicted molar refractivity (Wildman–Crippen MR) is 125 cm³/mol. The number of amides is 1. The van der Waals surface area contributed by atoms with E-state index in [-0.39, 0.29) is 23.9 Å². The molecule has 0 heterocycles. The number of carbonyl (C=O) groups is 1. The quantitative estimate of drug-likeness (QED) is 0.203. The Kier molecular flexibility index (Phi) is 7.57. The molecule has 0 saturated carbocycles. The van der Waals surface area contributed by atoms with Crippen molar-refractivity contribution in [1.82, 2.24) is 4.90 Å². The summed E-state index contributed by atoms with van der Waals surface area (Å²) in [4.78, 5) is 24.9. The number of hydrogen-bond acceptors (Lipinski definition) is 6. The second-order valence-corrected chi connectivity index (χ2v) is 8.87. The standard InChI is InChI=1S/C24H22N2O6S/c1-33(30,31)32-23-14-9-21(10-15-23)18-25(17-20-5-3-2-4-6-20)24(27)16-11-19-7-12-22(13-8-19)26(28)29/h2-16H,17-18H2,1H3/b16-11+. The number of non-ortho nitro benzene ring substituents is 1. The minimum Gasteiger partial charge on any atom is -0.383 e. The van der Waals surface area contributed by atoms with Crippen molar-refractivity contribution in [2.45, 2.75) is 13.1 Å². The van der Waals surface area contributed by atoms with Crippen LogP contribution in [0.25, 0.3) is 6.08 Å². The van der Waals surface area contributed by atoms with Crippen molar-refractivity contribution < 1.29 is 22.3 Å². The maximum atomic E-state index is 13.0. The number of nitro groups is 1. The molecule has 0 aliphatic carbocycles. The highest BCUT2D eigenvalue weighted by Crippen LogP contribution is 2.18. The van der Waals surface area contributed by atoms with E-state index in [0.717, 1.165) is 17.4 Å². The summed E-state index contributed by atoms with van der Waals surface area (Å²) in [6.45, 7) is 0.656. The van der Waals surface area contributed by atoms with E-state index in [4.69, 9.17) is 4.18 Å². The first-order chi connectivity index (χ1) is 15.7. The summed E-state index contributed by atoms with van der Waals surface area (Å²) in [6, 6.07) is 21.9. The second-order valence-electron chi connectivity index (χ2n) is 7.29. The lowest BCUT2D eigenvalue weighted by atomic mass is 10.1. The van der Waals surface area contributed by atoms with Crippen molar-refractivity contribution in [1.29, 1.82) is 0 Å². The van der Waals surface area contributed by atoms with E-state index in [9.17, 15) is 23.3 Å². The predicted octanol–water partition coefficient (Wildman–Crippen LogP) is 4.18. The Balaban J connectivity index is 1.77. The molecule has 1 amide bonds. The molecule has 0 radical (unpaired) electrons. The van der Waals surface area contributed by atoms with Crippen LogP contribution in [0.1, 0.15) is 16.7 Å². The zero-order valence-corrected chi connectivity index (χ0v) is 18.6. The van der Waals surface area contributed by atoms with E-state index in [0.29, 0.717) is 12.1 Å². The first kappa shape index (κ1) is 23.7. The van der Waals surface area contributed by atoms with Crippen molar-refractivity contribution in [2.24, 2.45) is 0 Å². The van der Waals surface area contributed by atoms with Crippen LogP contribution in [-0.2, 0) is 28.0 Å². The highest BCUT2D eigenvalue weighted by molar-refractivity contribution is 7.86. The lowest BCUT2D eigenvalue weighted by molar-refractivity contribution is -0.384. The molecule has 0 aliphatic rings. The van der Waals surface area contributed by atoms with Gasteiger partial charge in [-0.05, 0) is 47.0 Å². The van der Waals surface area contributed by atoms with Gasteiger partial charge in [0.15, 0.2) is 0 Å². The van der Waals surface area contributed by atoms with E-state index >= 15 is 0 Å². The number of nitrogens with zero attached hydrogens (tertiary/aromatic N) is 2. The molecule has 8 nitrogen and oxygen atoms in total. The zero-order valence-electron chi connectivity index (χ0n) is 17.8. The third kappa shape index (κ3) is 7.58. The van der Waals surface area contributed by atoms with Crippen LogP contribution >= 0.6 is 0 Å². The Bertz CT molecular complexity index is 1240. The number of hydrogen-bond donors (Lipinski definition) is 0. The topological polar surface area (TPSA) is 107 Å². The summed E-state index contributed by atoms with van der Waals surface area (Å²) in [5.74, 6) is -0.0473. The molecule has 9 heteroatoms. The molecule has 0 spiro atoms.